The highest BCUT2D eigenvalue weighted by molar-refractivity contribution is 7.99. The predicted octanol–water partition coefficient (Wildman–Crippen LogP) is 3.10. The maximum atomic E-state index is 3.75. The number of hydrogen-bond acceptors (Lipinski definition) is 2. The summed E-state index contributed by atoms with van der Waals surface area (Å²) in [6.45, 7) is 1.22. The number of thioether (sulfide) groups is 1. The fourth-order valence-electron chi connectivity index (χ4n) is 3.37. The molecule has 92 valence electrons. The minimum Gasteiger partial charge on any atom is -0.313 e. The fraction of sp³-hybridized carbons (Fsp3) is 0.600. The molecule has 2 saturated heterocycles. The zero-order valence-electron chi connectivity index (χ0n) is 10.3. The second kappa shape index (κ2) is 5.03. The first-order chi connectivity index (χ1) is 8.39. The number of rotatable bonds is 2. The van der Waals surface area contributed by atoms with Crippen LogP contribution in [0.3, 0.4) is 0 Å². The third-order valence-electron chi connectivity index (χ3n) is 4.39. The molecule has 17 heavy (non-hydrogen) atoms. The Hall–Kier alpha value is -0.470. The molecule has 0 bridgehead atoms. The van der Waals surface area contributed by atoms with E-state index in [4.69, 9.17) is 0 Å². The molecule has 2 heterocycles. The second-order valence-corrected chi connectivity index (χ2v) is 6.57. The van der Waals surface area contributed by atoms with Crippen LogP contribution < -0.4 is 5.32 Å². The van der Waals surface area contributed by atoms with Crippen LogP contribution in [0.2, 0.25) is 0 Å². The molecule has 2 fully saturated rings. The maximum Gasteiger partial charge on any atom is 0.0172 e. The summed E-state index contributed by atoms with van der Waals surface area (Å²) in [5.74, 6) is 2.75. The van der Waals surface area contributed by atoms with Crippen molar-refractivity contribution in [3.05, 3.63) is 35.9 Å². The molecule has 0 radical (unpaired) electrons. The largest absolute Gasteiger partial charge is 0.313 e. The molecule has 2 aliphatic heterocycles. The second-order valence-electron chi connectivity index (χ2n) is 5.46. The zero-order chi connectivity index (χ0) is 11.6. The smallest absolute Gasteiger partial charge is 0.0172 e. The lowest BCUT2D eigenvalue weighted by molar-refractivity contribution is 0.255. The van der Waals surface area contributed by atoms with Crippen molar-refractivity contribution < 1.29 is 0 Å². The average Bonchev–Trinajstić information content (AvgIpc) is 2.74. The lowest BCUT2D eigenvalue weighted by Gasteiger charge is -2.38. The summed E-state index contributed by atoms with van der Waals surface area (Å²) < 4.78 is 0. The lowest BCUT2D eigenvalue weighted by atomic mass is 9.76. The monoisotopic (exact) mass is 247 g/mol. The van der Waals surface area contributed by atoms with Gasteiger partial charge in [-0.15, -0.1) is 0 Å². The molecular weight excluding hydrogens is 226 g/mol. The van der Waals surface area contributed by atoms with E-state index in [1.165, 1.54) is 49.3 Å². The van der Waals surface area contributed by atoms with Crippen molar-refractivity contribution in [2.75, 3.05) is 18.1 Å². The molecule has 2 atom stereocenters. The van der Waals surface area contributed by atoms with Gasteiger partial charge in [-0.1, -0.05) is 30.3 Å². The van der Waals surface area contributed by atoms with Gasteiger partial charge in [-0.05, 0) is 49.0 Å². The van der Waals surface area contributed by atoms with Gasteiger partial charge in [0.1, 0.15) is 0 Å². The van der Waals surface area contributed by atoms with Gasteiger partial charge < -0.3 is 5.32 Å². The topological polar surface area (TPSA) is 12.0 Å². The molecule has 2 unspecified atom stereocenters. The van der Waals surface area contributed by atoms with Crippen LogP contribution in [0.4, 0.5) is 0 Å². The molecule has 1 aromatic carbocycles. The highest BCUT2D eigenvalue weighted by Crippen LogP contribution is 2.44. The highest BCUT2D eigenvalue weighted by atomic mass is 32.2. The van der Waals surface area contributed by atoms with Crippen LogP contribution in [0.5, 0.6) is 0 Å². The van der Waals surface area contributed by atoms with E-state index in [9.17, 15) is 0 Å². The first-order valence-corrected chi connectivity index (χ1v) is 7.90. The first-order valence-electron chi connectivity index (χ1n) is 6.74. The molecular formula is C15H21NS. The van der Waals surface area contributed by atoms with Crippen LogP contribution in [0, 0.1) is 5.41 Å². The van der Waals surface area contributed by atoms with Gasteiger partial charge in [0.15, 0.2) is 0 Å². The molecule has 1 spiro atoms. The van der Waals surface area contributed by atoms with Crippen molar-refractivity contribution in [2.45, 2.75) is 31.7 Å². The minimum atomic E-state index is 0.596. The Labute approximate surface area is 108 Å². The summed E-state index contributed by atoms with van der Waals surface area (Å²) in [5.41, 5.74) is 2.08. The Balaban J connectivity index is 1.73. The van der Waals surface area contributed by atoms with Gasteiger partial charge in [0.25, 0.3) is 0 Å². The van der Waals surface area contributed by atoms with Gasteiger partial charge in [-0.2, -0.15) is 11.8 Å². The van der Waals surface area contributed by atoms with Crippen molar-refractivity contribution >= 4 is 11.8 Å². The average molecular weight is 247 g/mol. The van der Waals surface area contributed by atoms with Crippen molar-refractivity contribution in [1.29, 1.82) is 0 Å². The molecule has 1 aromatic rings. The van der Waals surface area contributed by atoms with Crippen LogP contribution in [-0.4, -0.2) is 24.1 Å². The van der Waals surface area contributed by atoms with Crippen LogP contribution in [0.25, 0.3) is 0 Å². The summed E-state index contributed by atoms with van der Waals surface area (Å²) in [4.78, 5) is 0. The Morgan fingerprint density at radius 2 is 2.12 bits per heavy atom. The molecule has 2 heteroatoms. The molecule has 2 aliphatic rings. The Kier molecular flexibility index (Phi) is 3.44. The Morgan fingerprint density at radius 1 is 1.24 bits per heavy atom. The van der Waals surface area contributed by atoms with E-state index in [1.807, 2.05) is 0 Å². The molecule has 0 aromatic heterocycles. The fourth-order valence-corrected chi connectivity index (χ4v) is 4.76. The Morgan fingerprint density at radius 3 is 2.88 bits per heavy atom. The van der Waals surface area contributed by atoms with E-state index in [1.54, 1.807) is 0 Å². The van der Waals surface area contributed by atoms with E-state index >= 15 is 0 Å². The third-order valence-corrected chi connectivity index (χ3v) is 5.74. The summed E-state index contributed by atoms with van der Waals surface area (Å²) in [7, 11) is 0. The lowest BCUT2D eigenvalue weighted by Crippen LogP contribution is -2.42. The van der Waals surface area contributed by atoms with Gasteiger partial charge in [0, 0.05) is 11.8 Å². The van der Waals surface area contributed by atoms with E-state index < -0.39 is 0 Å². The molecule has 0 amide bonds. The van der Waals surface area contributed by atoms with E-state index in [-0.39, 0.29) is 0 Å². The molecule has 3 rings (SSSR count). The first kappa shape index (κ1) is 11.6. The van der Waals surface area contributed by atoms with Crippen molar-refractivity contribution in [1.82, 2.24) is 5.32 Å². The number of nitrogens with one attached hydrogen (secondary N) is 1. The van der Waals surface area contributed by atoms with Gasteiger partial charge in [0.2, 0.25) is 0 Å². The van der Waals surface area contributed by atoms with E-state index in [0.717, 1.165) is 0 Å². The summed E-state index contributed by atoms with van der Waals surface area (Å²) >= 11 is 2.17. The van der Waals surface area contributed by atoms with E-state index in [0.29, 0.717) is 11.5 Å². The van der Waals surface area contributed by atoms with Gasteiger partial charge in [-0.3, -0.25) is 0 Å². The Bertz CT molecular complexity index is 356. The van der Waals surface area contributed by atoms with Crippen LogP contribution in [0.15, 0.2) is 30.3 Å². The third kappa shape index (κ3) is 2.38. The van der Waals surface area contributed by atoms with Crippen molar-refractivity contribution in [2.24, 2.45) is 5.41 Å². The number of benzene rings is 1. The van der Waals surface area contributed by atoms with E-state index in [2.05, 4.69) is 47.4 Å². The van der Waals surface area contributed by atoms with Crippen LogP contribution in [-0.2, 0) is 6.42 Å². The zero-order valence-corrected chi connectivity index (χ0v) is 11.1. The predicted molar refractivity (Wildman–Crippen MR) is 75.5 cm³/mol. The molecule has 1 N–H and O–H groups in total. The summed E-state index contributed by atoms with van der Waals surface area (Å²) in [5, 5.41) is 3.75. The summed E-state index contributed by atoms with van der Waals surface area (Å²) in [6.07, 6.45) is 5.45. The van der Waals surface area contributed by atoms with Crippen molar-refractivity contribution in [3.8, 4) is 0 Å². The SMILES string of the molecule is c1ccc(CC2NCCC23CCCSC3)cc1. The molecule has 0 saturated carbocycles. The van der Waals surface area contributed by atoms with Crippen LogP contribution in [0.1, 0.15) is 24.8 Å². The van der Waals surface area contributed by atoms with Gasteiger partial charge in [-0.25, -0.2) is 0 Å². The van der Waals surface area contributed by atoms with Crippen LogP contribution >= 0.6 is 11.8 Å². The van der Waals surface area contributed by atoms with Gasteiger partial charge >= 0.3 is 0 Å². The molecule has 0 aliphatic carbocycles. The minimum absolute atomic E-state index is 0.596. The molecule has 1 nitrogen and oxygen atoms in total. The van der Waals surface area contributed by atoms with Gasteiger partial charge in [0.05, 0.1) is 0 Å². The number of hydrogen-bond donors (Lipinski definition) is 1. The quantitative estimate of drug-likeness (QED) is 0.862. The maximum absolute atomic E-state index is 3.75. The normalized spacial score (nSPS) is 33.1. The van der Waals surface area contributed by atoms with Crippen molar-refractivity contribution in [3.63, 3.8) is 0 Å². The summed E-state index contributed by atoms with van der Waals surface area (Å²) in [6, 6.07) is 11.7. The standard InChI is InChI=1S/C15H21NS/c1-2-5-13(6-3-1)11-14-15(8-9-16-14)7-4-10-17-12-15/h1-3,5-6,14,16H,4,7-12H2. The highest BCUT2D eigenvalue weighted by Gasteiger charge is 2.43.